The van der Waals surface area contributed by atoms with Gasteiger partial charge in [-0.15, -0.1) is 0 Å². The average Bonchev–Trinajstić information content (AvgIpc) is 3.17. The van der Waals surface area contributed by atoms with Crippen LogP contribution in [-0.2, 0) is 9.53 Å². The molecule has 188 valence electrons. The van der Waals surface area contributed by atoms with Crippen LogP contribution in [0, 0.1) is 52.8 Å². The van der Waals surface area contributed by atoms with Crippen LogP contribution >= 0.6 is 0 Å². The van der Waals surface area contributed by atoms with Crippen molar-refractivity contribution >= 4 is 6.29 Å². The lowest BCUT2D eigenvalue weighted by Gasteiger charge is -2.42. The van der Waals surface area contributed by atoms with Crippen LogP contribution in [-0.4, -0.2) is 29.6 Å². The molecule has 0 amide bonds. The standard InChI is InChI=1S/C30H45NO3/c1-18-9-10-26-29(25-15-21(14-24(18)25)19-5-2-3-6-19)30(26,28(31)17-32)22-8-4-7-20(13-22)27-16-23(33)11-12-34-27/h11-12,17,19-29,33H,1-10,13-16,31H2. The Kier molecular flexibility index (Phi) is 6.21. The predicted octanol–water partition coefficient (Wildman–Crippen LogP) is 5.40. The van der Waals surface area contributed by atoms with E-state index in [4.69, 9.17) is 10.5 Å². The number of rotatable bonds is 5. The van der Waals surface area contributed by atoms with Gasteiger partial charge in [-0.3, -0.25) is 0 Å². The van der Waals surface area contributed by atoms with Crippen molar-refractivity contribution in [2.45, 2.75) is 102 Å². The smallest absolute Gasteiger partial charge is 0.137 e. The number of ether oxygens (including phenoxy) is 1. The molecule has 0 aromatic carbocycles. The zero-order valence-corrected chi connectivity index (χ0v) is 20.8. The number of carbonyl (C=O) groups excluding carboxylic acids is 1. The summed E-state index contributed by atoms with van der Waals surface area (Å²) in [6.07, 6.45) is 20.3. The third-order valence-corrected chi connectivity index (χ3v) is 11.7. The van der Waals surface area contributed by atoms with Gasteiger partial charge in [0, 0.05) is 11.8 Å². The molecule has 6 aliphatic rings. The van der Waals surface area contributed by atoms with Crippen LogP contribution in [0.3, 0.4) is 0 Å². The summed E-state index contributed by atoms with van der Waals surface area (Å²) in [5.41, 5.74) is 8.29. The van der Waals surface area contributed by atoms with Crippen LogP contribution < -0.4 is 5.73 Å². The second kappa shape index (κ2) is 9.07. The maximum absolute atomic E-state index is 12.3. The lowest BCUT2D eigenvalue weighted by molar-refractivity contribution is -0.111. The molecular formula is C30H45NO3. The highest BCUT2D eigenvalue weighted by Gasteiger charge is 2.74. The largest absolute Gasteiger partial charge is 0.498 e. The van der Waals surface area contributed by atoms with Gasteiger partial charge in [0.15, 0.2) is 0 Å². The maximum Gasteiger partial charge on any atom is 0.137 e. The first-order valence-electron chi connectivity index (χ1n) is 14.4. The number of carbonyl (C=O) groups is 1. The van der Waals surface area contributed by atoms with Crippen LogP contribution in [0.2, 0.25) is 0 Å². The molecule has 1 heterocycles. The fourth-order valence-electron chi connectivity index (χ4n) is 10.3. The van der Waals surface area contributed by atoms with E-state index in [0.29, 0.717) is 41.9 Å². The third-order valence-electron chi connectivity index (χ3n) is 11.7. The highest BCUT2D eigenvalue weighted by atomic mass is 16.5. The normalized spacial score (nSPS) is 49.6. The number of nitrogens with two attached hydrogens (primary N) is 1. The molecule has 0 radical (unpaired) electrons. The first kappa shape index (κ1) is 23.3. The molecule has 5 aliphatic carbocycles. The Morgan fingerprint density at radius 3 is 2.59 bits per heavy atom. The fourth-order valence-corrected chi connectivity index (χ4v) is 10.3. The van der Waals surface area contributed by atoms with Gasteiger partial charge in [-0.2, -0.15) is 0 Å². The Balaban J connectivity index is 1.26. The summed E-state index contributed by atoms with van der Waals surface area (Å²) in [4.78, 5) is 12.3. The van der Waals surface area contributed by atoms with E-state index in [1.807, 2.05) is 0 Å². The van der Waals surface area contributed by atoms with Crippen LogP contribution in [0.5, 0.6) is 0 Å². The Labute approximate surface area is 205 Å². The highest BCUT2D eigenvalue weighted by Crippen LogP contribution is 2.76. The summed E-state index contributed by atoms with van der Waals surface area (Å²) in [7, 11) is 0. The van der Waals surface area contributed by atoms with E-state index >= 15 is 0 Å². The highest BCUT2D eigenvalue weighted by molar-refractivity contribution is 5.61. The zero-order chi connectivity index (χ0) is 23.4. The Hall–Kier alpha value is -1.13. The quantitative estimate of drug-likeness (QED) is 0.420. The van der Waals surface area contributed by atoms with Crippen molar-refractivity contribution in [2.24, 2.45) is 58.5 Å². The van der Waals surface area contributed by atoms with Crippen molar-refractivity contribution in [1.29, 1.82) is 0 Å². The molecule has 11 atom stereocenters. The first-order valence-corrected chi connectivity index (χ1v) is 14.4. The van der Waals surface area contributed by atoms with E-state index in [0.717, 1.165) is 37.4 Å². The number of fused-ring (bicyclic) bond motifs is 3. The molecule has 0 aromatic heterocycles. The van der Waals surface area contributed by atoms with Gasteiger partial charge in [0.2, 0.25) is 0 Å². The first-order chi connectivity index (χ1) is 16.5. The molecule has 1 aliphatic heterocycles. The van der Waals surface area contributed by atoms with Crippen LogP contribution in [0.4, 0.5) is 0 Å². The minimum absolute atomic E-state index is 0.0161. The van der Waals surface area contributed by atoms with E-state index in [1.54, 1.807) is 12.3 Å². The summed E-state index contributed by atoms with van der Waals surface area (Å²) in [5.74, 6) is 5.28. The van der Waals surface area contributed by atoms with E-state index in [9.17, 15) is 9.90 Å². The Morgan fingerprint density at radius 2 is 1.82 bits per heavy atom. The molecular weight excluding hydrogens is 422 g/mol. The van der Waals surface area contributed by atoms with Gasteiger partial charge in [-0.05, 0) is 98.4 Å². The summed E-state index contributed by atoms with van der Waals surface area (Å²) < 4.78 is 6.00. The molecule has 0 spiro atoms. The van der Waals surface area contributed by atoms with Gasteiger partial charge >= 0.3 is 0 Å². The molecule has 0 saturated heterocycles. The lowest BCUT2D eigenvalue weighted by atomic mass is 9.65. The van der Waals surface area contributed by atoms with Gasteiger partial charge in [-0.25, -0.2) is 0 Å². The molecule has 34 heavy (non-hydrogen) atoms. The molecule has 5 fully saturated rings. The molecule has 6 rings (SSSR count). The molecule has 0 bridgehead atoms. The van der Waals surface area contributed by atoms with Gasteiger partial charge < -0.3 is 20.4 Å². The summed E-state index contributed by atoms with van der Waals surface area (Å²) in [6.45, 7) is 4.59. The van der Waals surface area contributed by atoms with Gasteiger partial charge in [0.25, 0.3) is 0 Å². The molecule has 4 nitrogen and oxygen atoms in total. The Morgan fingerprint density at radius 1 is 1.03 bits per heavy atom. The zero-order valence-electron chi connectivity index (χ0n) is 20.8. The fraction of sp³-hybridized carbons (Fsp3) is 0.833. The lowest BCUT2D eigenvalue weighted by Crippen LogP contribution is -2.45. The minimum atomic E-state index is -0.393. The van der Waals surface area contributed by atoms with E-state index in [-0.39, 0.29) is 17.6 Å². The number of hydrogen-bond acceptors (Lipinski definition) is 4. The SMILES string of the molecule is C=C1CCC2C(C3CC(C4CCCC4)CC13)C2(C(N)C=O)C1CCCC(C2CC(O)C=CO2)C1. The second-order valence-corrected chi connectivity index (χ2v) is 13.0. The third kappa shape index (κ3) is 3.65. The minimum Gasteiger partial charge on any atom is -0.498 e. The molecule has 11 unspecified atom stereocenters. The van der Waals surface area contributed by atoms with E-state index in [1.165, 1.54) is 63.4 Å². The summed E-state index contributed by atoms with van der Waals surface area (Å²) in [5, 5.41) is 10.2. The van der Waals surface area contributed by atoms with E-state index in [2.05, 4.69) is 6.58 Å². The van der Waals surface area contributed by atoms with E-state index < -0.39 is 6.10 Å². The maximum atomic E-state index is 12.3. The number of aldehydes is 1. The van der Waals surface area contributed by atoms with Crippen LogP contribution in [0.1, 0.15) is 83.5 Å². The molecule has 4 heteroatoms. The van der Waals surface area contributed by atoms with Gasteiger partial charge in [0.05, 0.1) is 18.4 Å². The van der Waals surface area contributed by atoms with Crippen LogP contribution in [0.15, 0.2) is 24.5 Å². The van der Waals surface area contributed by atoms with Crippen molar-refractivity contribution in [1.82, 2.24) is 0 Å². The van der Waals surface area contributed by atoms with Crippen LogP contribution in [0.25, 0.3) is 0 Å². The Bertz CT molecular complexity index is 818. The van der Waals surface area contributed by atoms with Crippen molar-refractivity contribution in [2.75, 3.05) is 0 Å². The summed E-state index contributed by atoms with van der Waals surface area (Å²) in [6, 6.07) is -0.346. The monoisotopic (exact) mass is 467 g/mol. The van der Waals surface area contributed by atoms with Crippen molar-refractivity contribution in [3.63, 3.8) is 0 Å². The number of aliphatic hydroxyl groups excluding tert-OH is 1. The van der Waals surface area contributed by atoms with Crippen molar-refractivity contribution in [3.8, 4) is 0 Å². The molecule has 0 aromatic rings. The van der Waals surface area contributed by atoms with Crippen molar-refractivity contribution in [3.05, 3.63) is 24.5 Å². The molecule has 3 N–H and O–H groups in total. The number of allylic oxidation sites excluding steroid dienone is 1. The second-order valence-electron chi connectivity index (χ2n) is 13.0. The van der Waals surface area contributed by atoms with Gasteiger partial charge in [-0.1, -0.05) is 44.3 Å². The number of hydrogen-bond donors (Lipinski definition) is 2. The predicted molar refractivity (Wildman–Crippen MR) is 134 cm³/mol. The molecule has 5 saturated carbocycles. The number of aliphatic hydroxyl groups is 1. The topological polar surface area (TPSA) is 72.6 Å². The average molecular weight is 468 g/mol. The van der Waals surface area contributed by atoms with Gasteiger partial charge in [0.1, 0.15) is 12.4 Å². The summed E-state index contributed by atoms with van der Waals surface area (Å²) >= 11 is 0. The van der Waals surface area contributed by atoms with Crippen molar-refractivity contribution < 1.29 is 14.6 Å².